The molecule has 0 unspecified atom stereocenters. The summed E-state index contributed by atoms with van der Waals surface area (Å²) >= 11 is 1.15. The van der Waals surface area contributed by atoms with Crippen LogP contribution in [0, 0.1) is 10.1 Å². The minimum atomic E-state index is -0.392. The predicted molar refractivity (Wildman–Crippen MR) is 48.2 cm³/mol. The van der Waals surface area contributed by atoms with Gasteiger partial charge in [-0.05, 0) is 12.5 Å². The van der Waals surface area contributed by atoms with Gasteiger partial charge in [-0.25, -0.2) is 0 Å². The van der Waals surface area contributed by atoms with Crippen molar-refractivity contribution in [2.75, 3.05) is 0 Å². The Morgan fingerprint density at radius 1 is 1.75 bits per heavy atom. The topological polar surface area (TPSA) is 69.2 Å². The van der Waals surface area contributed by atoms with Crippen molar-refractivity contribution in [3.63, 3.8) is 0 Å². The Morgan fingerprint density at radius 2 is 2.42 bits per heavy atom. The second-order valence-electron chi connectivity index (χ2n) is 2.45. The molecule has 0 radical (unpaired) electrons. The molecule has 0 bridgehead atoms. The average Bonchev–Trinajstić information content (AvgIpc) is 2.51. The summed E-state index contributed by atoms with van der Waals surface area (Å²) in [6.07, 6.45) is 0.803. The van der Waals surface area contributed by atoms with E-state index in [4.69, 9.17) is 5.73 Å². The number of nitrogens with zero attached hydrogens (tertiary/aromatic N) is 1. The molecule has 1 atom stereocenters. The molecule has 0 aliphatic heterocycles. The molecule has 0 saturated carbocycles. The van der Waals surface area contributed by atoms with Crippen molar-refractivity contribution in [3.8, 4) is 0 Å². The maximum Gasteiger partial charge on any atom is 0.324 e. The normalized spacial score (nSPS) is 12.8. The summed E-state index contributed by atoms with van der Waals surface area (Å²) in [5.74, 6) is 0. The fourth-order valence-corrected chi connectivity index (χ4v) is 1.75. The summed E-state index contributed by atoms with van der Waals surface area (Å²) in [5, 5.41) is 10.5. The van der Waals surface area contributed by atoms with Crippen molar-refractivity contribution < 1.29 is 4.92 Å². The molecular weight excluding hydrogens is 176 g/mol. The molecule has 1 rings (SSSR count). The van der Waals surface area contributed by atoms with Crippen LogP contribution in [0.5, 0.6) is 0 Å². The maximum absolute atomic E-state index is 10.3. The average molecular weight is 186 g/mol. The number of hydrogen-bond donors (Lipinski definition) is 1. The summed E-state index contributed by atoms with van der Waals surface area (Å²) in [6.45, 7) is 1.95. The largest absolute Gasteiger partial charge is 0.324 e. The fourth-order valence-electron chi connectivity index (χ4n) is 0.841. The van der Waals surface area contributed by atoms with Crippen molar-refractivity contribution >= 4 is 16.3 Å². The van der Waals surface area contributed by atoms with Gasteiger partial charge in [0.15, 0.2) is 0 Å². The van der Waals surface area contributed by atoms with Crippen LogP contribution in [0.1, 0.15) is 24.3 Å². The lowest BCUT2D eigenvalue weighted by Gasteiger charge is -2.02. The molecule has 0 aromatic carbocycles. The minimum absolute atomic E-state index is 0.0660. The number of nitrogens with two attached hydrogens (primary N) is 1. The maximum atomic E-state index is 10.3. The van der Waals surface area contributed by atoms with Crippen molar-refractivity contribution in [3.05, 3.63) is 27.1 Å². The summed E-state index contributed by atoms with van der Waals surface area (Å²) in [4.78, 5) is 10.8. The molecule has 1 heterocycles. The van der Waals surface area contributed by atoms with Gasteiger partial charge in [0.05, 0.1) is 4.92 Å². The van der Waals surface area contributed by atoms with Crippen molar-refractivity contribution in [1.29, 1.82) is 0 Å². The van der Waals surface area contributed by atoms with Crippen molar-refractivity contribution in [2.45, 2.75) is 19.4 Å². The smallest absolute Gasteiger partial charge is 0.323 e. The minimum Gasteiger partial charge on any atom is -0.323 e. The molecule has 0 amide bonds. The third kappa shape index (κ3) is 1.80. The third-order valence-corrected chi connectivity index (χ3v) is 2.77. The highest BCUT2D eigenvalue weighted by Gasteiger charge is 2.12. The quantitative estimate of drug-likeness (QED) is 0.580. The molecule has 0 fully saturated rings. The Hall–Kier alpha value is -0.940. The summed E-state index contributed by atoms with van der Waals surface area (Å²) in [6, 6.07) is 3.15. The van der Waals surface area contributed by atoms with Gasteiger partial charge < -0.3 is 5.73 Å². The van der Waals surface area contributed by atoms with Crippen LogP contribution in [0.2, 0.25) is 0 Å². The second-order valence-corrected chi connectivity index (χ2v) is 3.54. The summed E-state index contributed by atoms with van der Waals surface area (Å²) in [7, 11) is 0. The van der Waals surface area contributed by atoms with Gasteiger partial charge in [0.1, 0.15) is 0 Å². The first kappa shape index (κ1) is 9.15. The molecular formula is C7H10N2O2S. The van der Waals surface area contributed by atoms with Gasteiger partial charge in [0.25, 0.3) is 0 Å². The highest BCUT2D eigenvalue weighted by atomic mass is 32.1. The number of thiophene rings is 1. The van der Waals surface area contributed by atoms with E-state index in [9.17, 15) is 10.1 Å². The SMILES string of the molecule is CC[C@H](N)c1ccc([N+](=O)[O-])s1. The molecule has 4 nitrogen and oxygen atoms in total. The highest BCUT2D eigenvalue weighted by Crippen LogP contribution is 2.28. The van der Waals surface area contributed by atoms with Crippen LogP contribution in [-0.2, 0) is 0 Å². The Labute approximate surface area is 74.2 Å². The second kappa shape index (κ2) is 3.64. The Bertz CT molecular complexity index is 285. The van der Waals surface area contributed by atoms with E-state index < -0.39 is 4.92 Å². The van der Waals surface area contributed by atoms with E-state index in [-0.39, 0.29) is 11.0 Å². The van der Waals surface area contributed by atoms with E-state index in [0.717, 1.165) is 22.6 Å². The van der Waals surface area contributed by atoms with Crippen LogP contribution in [0.25, 0.3) is 0 Å². The standard InChI is InChI=1S/C7H10N2O2S/c1-2-5(8)6-3-4-7(12-6)9(10)11/h3-5H,2,8H2,1H3/t5-/m0/s1. The van der Waals surface area contributed by atoms with E-state index in [1.807, 2.05) is 6.92 Å². The van der Waals surface area contributed by atoms with Gasteiger partial charge in [-0.15, -0.1) is 0 Å². The molecule has 1 aromatic rings. The van der Waals surface area contributed by atoms with Gasteiger partial charge in [-0.2, -0.15) is 0 Å². The summed E-state index contributed by atoms with van der Waals surface area (Å²) in [5.41, 5.74) is 5.70. The molecule has 2 N–H and O–H groups in total. The molecule has 66 valence electrons. The zero-order valence-electron chi connectivity index (χ0n) is 6.69. The molecule has 12 heavy (non-hydrogen) atoms. The lowest BCUT2D eigenvalue weighted by Crippen LogP contribution is -2.05. The lowest BCUT2D eigenvalue weighted by molar-refractivity contribution is -0.380. The van der Waals surface area contributed by atoms with E-state index in [1.165, 1.54) is 6.07 Å². The monoisotopic (exact) mass is 186 g/mol. The first-order valence-electron chi connectivity index (χ1n) is 3.65. The number of nitro groups is 1. The Balaban J connectivity index is 2.84. The zero-order chi connectivity index (χ0) is 9.14. The first-order valence-corrected chi connectivity index (χ1v) is 4.46. The van der Waals surface area contributed by atoms with Gasteiger partial charge >= 0.3 is 5.00 Å². The molecule has 1 aromatic heterocycles. The molecule has 5 heteroatoms. The predicted octanol–water partition coefficient (Wildman–Crippen LogP) is 2.07. The van der Waals surface area contributed by atoms with Crippen LogP contribution in [0.4, 0.5) is 5.00 Å². The fraction of sp³-hybridized carbons (Fsp3) is 0.429. The van der Waals surface area contributed by atoms with Crippen molar-refractivity contribution in [1.82, 2.24) is 0 Å². The van der Waals surface area contributed by atoms with E-state index in [1.54, 1.807) is 6.07 Å². The van der Waals surface area contributed by atoms with Crippen molar-refractivity contribution in [2.24, 2.45) is 5.73 Å². The van der Waals surface area contributed by atoms with E-state index >= 15 is 0 Å². The Morgan fingerprint density at radius 3 is 2.83 bits per heavy atom. The summed E-state index contributed by atoms with van der Waals surface area (Å²) < 4.78 is 0. The molecule has 0 saturated heterocycles. The lowest BCUT2D eigenvalue weighted by atomic mass is 10.2. The van der Waals surface area contributed by atoms with Crippen LogP contribution >= 0.6 is 11.3 Å². The van der Waals surface area contributed by atoms with Crippen LogP contribution in [0.15, 0.2) is 12.1 Å². The zero-order valence-corrected chi connectivity index (χ0v) is 7.50. The van der Waals surface area contributed by atoms with Gasteiger partial charge in [0, 0.05) is 17.0 Å². The first-order chi connectivity index (χ1) is 5.65. The molecule has 0 aliphatic rings. The van der Waals surface area contributed by atoms with Gasteiger partial charge in [0.2, 0.25) is 0 Å². The van der Waals surface area contributed by atoms with E-state index in [2.05, 4.69) is 0 Å². The Kier molecular flexibility index (Phi) is 2.78. The van der Waals surface area contributed by atoms with Gasteiger partial charge in [-0.1, -0.05) is 18.3 Å². The third-order valence-electron chi connectivity index (χ3n) is 1.60. The molecule has 0 spiro atoms. The van der Waals surface area contributed by atoms with Gasteiger partial charge in [-0.3, -0.25) is 10.1 Å². The molecule has 0 aliphatic carbocycles. The van der Waals surface area contributed by atoms with E-state index in [0.29, 0.717) is 0 Å². The highest BCUT2D eigenvalue weighted by molar-refractivity contribution is 7.15. The van der Waals surface area contributed by atoms with Crippen LogP contribution < -0.4 is 5.73 Å². The van der Waals surface area contributed by atoms with Crippen LogP contribution in [0.3, 0.4) is 0 Å². The number of rotatable bonds is 3. The van der Waals surface area contributed by atoms with Crippen LogP contribution in [-0.4, -0.2) is 4.92 Å². The number of hydrogen-bond acceptors (Lipinski definition) is 4.